The summed E-state index contributed by atoms with van der Waals surface area (Å²) in [4.78, 5) is 11.3. The van der Waals surface area contributed by atoms with E-state index in [1.165, 1.54) is 0 Å². The topological polar surface area (TPSA) is 73.6 Å². The normalized spacial score (nSPS) is 18.8. The van der Waals surface area contributed by atoms with E-state index in [-0.39, 0.29) is 11.8 Å². The fourth-order valence-electron chi connectivity index (χ4n) is 2.24. The number of rotatable bonds is 5. The highest BCUT2D eigenvalue weighted by Crippen LogP contribution is 2.31. The van der Waals surface area contributed by atoms with Gasteiger partial charge >= 0.3 is 0 Å². The summed E-state index contributed by atoms with van der Waals surface area (Å²) in [6, 6.07) is 5.66. The van der Waals surface area contributed by atoms with Crippen molar-refractivity contribution < 1.29 is 14.3 Å². The lowest BCUT2D eigenvalue weighted by atomic mass is 9.99. The van der Waals surface area contributed by atoms with Crippen molar-refractivity contribution in [1.82, 2.24) is 5.32 Å². The van der Waals surface area contributed by atoms with Crippen molar-refractivity contribution in [1.29, 1.82) is 0 Å². The zero-order chi connectivity index (χ0) is 13.7. The van der Waals surface area contributed by atoms with Crippen LogP contribution in [0.2, 0.25) is 0 Å². The molecule has 0 saturated carbocycles. The Morgan fingerprint density at radius 3 is 3.00 bits per heavy atom. The van der Waals surface area contributed by atoms with E-state index in [0.29, 0.717) is 31.1 Å². The highest BCUT2D eigenvalue weighted by molar-refractivity contribution is 5.76. The number of ether oxygens (including phenoxy) is 2. The maximum atomic E-state index is 11.3. The summed E-state index contributed by atoms with van der Waals surface area (Å²) in [6.45, 7) is 1.64. The maximum absolute atomic E-state index is 11.3. The summed E-state index contributed by atoms with van der Waals surface area (Å²) in [5.74, 6) is 1.73. The molecule has 104 valence electrons. The number of hydrogen-bond acceptors (Lipinski definition) is 4. The Labute approximate surface area is 113 Å². The third-order valence-corrected chi connectivity index (χ3v) is 3.31. The minimum atomic E-state index is 0.0962. The molecule has 1 amide bonds. The summed E-state index contributed by atoms with van der Waals surface area (Å²) < 4.78 is 11.1. The molecule has 0 spiro atoms. The van der Waals surface area contributed by atoms with Gasteiger partial charge in [0.05, 0.1) is 13.7 Å². The van der Waals surface area contributed by atoms with Crippen LogP contribution in [0.5, 0.6) is 11.5 Å². The van der Waals surface area contributed by atoms with Crippen molar-refractivity contribution in [3.8, 4) is 11.5 Å². The molecule has 1 aliphatic rings. The Hall–Kier alpha value is -1.75. The molecule has 0 aliphatic carbocycles. The molecule has 5 heteroatoms. The molecule has 1 aromatic rings. The van der Waals surface area contributed by atoms with Crippen LogP contribution in [0.4, 0.5) is 0 Å². The van der Waals surface area contributed by atoms with Gasteiger partial charge in [-0.05, 0) is 12.5 Å². The minimum Gasteiger partial charge on any atom is -0.493 e. The quantitative estimate of drug-likeness (QED) is 0.834. The van der Waals surface area contributed by atoms with Crippen molar-refractivity contribution in [3.63, 3.8) is 0 Å². The fraction of sp³-hybridized carbons (Fsp3) is 0.500. The van der Waals surface area contributed by atoms with Gasteiger partial charge in [-0.3, -0.25) is 4.79 Å². The Kier molecular flexibility index (Phi) is 4.63. The van der Waals surface area contributed by atoms with Crippen LogP contribution in [0.1, 0.15) is 18.4 Å². The summed E-state index contributed by atoms with van der Waals surface area (Å²) in [7, 11) is 1.61. The summed E-state index contributed by atoms with van der Waals surface area (Å²) in [6.07, 6.45) is 1.46. The first-order valence-electron chi connectivity index (χ1n) is 6.50. The van der Waals surface area contributed by atoms with E-state index in [1.54, 1.807) is 7.11 Å². The van der Waals surface area contributed by atoms with Gasteiger partial charge < -0.3 is 20.5 Å². The van der Waals surface area contributed by atoms with Gasteiger partial charge in [-0.2, -0.15) is 0 Å². The van der Waals surface area contributed by atoms with Gasteiger partial charge in [0.15, 0.2) is 11.5 Å². The van der Waals surface area contributed by atoms with E-state index >= 15 is 0 Å². The molecule has 0 radical (unpaired) electrons. The van der Waals surface area contributed by atoms with Crippen LogP contribution in [0.3, 0.4) is 0 Å². The number of para-hydroxylation sites is 1. The molecule has 5 nitrogen and oxygen atoms in total. The first-order chi connectivity index (χ1) is 9.24. The lowest BCUT2D eigenvalue weighted by Crippen LogP contribution is -2.35. The third-order valence-electron chi connectivity index (χ3n) is 3.31. The number of amides is 1. The number of nitrogens with two attached hydrogens (primary N) is 1. The van der Waals surface area contributed by atoms with E-state index in [9.17, 15) is 4.79 Å². The average Bonchev–Trinajstić information content (AvgIpc) is 2.44. The van der Waals surface area contributed by atoms with Gasteiger partial charge in [-0.15, -0.1) is 0 Å². The molecule has 1 fully saturated rings. The molecule has 1 aliphatic heterocycles. The monoisotopic (exact) mass is 264 g/mol. The maximum Gasteiger partial charge on any atom is 0.220 e. The van der Waals surface area contributed by atoms with Crippen LogP contribution in [0.25, 0.3) is 0 Å². The van der Waals surface area contributed by atoms with E-state index in [1.807, 2.05) is 18.2 Å². The van der Waals surface area contributed by atoms with Crippen LogP contribution in [0.15, 0.2) is 18.2 Å². The van der Waals surface area contributed by atoms with Gasteiger partial charge in [0.1, 0.15) is 0 Å². The van der Waals surface area contributed by atoms with Gasteiger partial charge in [0, 0.05) is 31.0 Å². The lowest BCUT2D eigenvalue weighted by Gasteiger charge is -2.23. The Bertz CT molecular complexity index is 426. The van der Waals surface area contributed by atoms with Gasteiger partial charge in [0.25, 0.3) is 0 Å². The molecule has 1 heterocycles. The van der Waals surface area contributed by atoms with Crippen LogP contribution < -0.4 is 20.5 Å². The predicted molar refractivity (Wildman–Crippen MR) is 72.1 cm³/mol. The second-order valence-corrected chi connectivity index (χ2v) is 4.67. The van der Waals surface area contributed by atoms with E-state index < -0.39 is 0 Å². The molecule has 19 heavy (non-hydrogen) atoms. The molecular weight excluding hydrogens is 244 g/mol. The molecular formula is C14H20N2O3. The minimum absolute atomic E-state index is 0.0962. The zero-order valence-electron chi connectivity index (χ0n) is 11.1. The number of piperidine rings is 1. The van der Waals surface area contributed by atoms with E-state index in [2.05, 4.69) is 5.32 Å². The van der Waals surface area contributed by atoms with E-state index in [0.717, 1.165) is 18.5 Å². The zero-order valence-corrected chi connectivity index (χ0v) is 11.1. The Morgan fingerprint density at radius 1 is 1.47 bits per heavy atom. The van der Waals surface area contributed by atoms with Crippen molar-refractivity contribution in [2.75, 3.05) is 20.3 Å². The lowest BCUT2D eigenvalue weighted by molar-refractivity contribution is -0.123. The predicted octanol–water partition coefficient (Wildman–Crippen LogP) is 1.06. The number of hydrogen-bond donors (Lipinski definition) is 2. The van der Waals surface area contributed by atoms with Crippen molar-refractivity contribution in [2.24, 2.45) is 11.7 Å². The fourth-order valence-corrected chi connectivity index (χ4v) is 2.24. The van der Waals surface area contributed by atoms with Crippen molar-refractivity contribution >= 4 is 5.91 Å². The summed E-state index contributed by atoms with van der Waals surface area (Å²) >= 11 is 0. The number of nitrogens with one attached hydrogen (secondary N) is 1. The number of methoxy groups -OCH3 is 1. The average molecular weight is 264 g/mol. The van der Waals surface area contributed by atoms with Crippen LogP contribution in [-0.2, 0) is 11.3 Å². The van der Waals surface area contributed by atoms with Crippen LogP contribution in [-0.4, -0.2) is 26.2 Å². The second kappa shape index (κ2) is 6.43. The Balaban J connectivity index is 2.03. The molecule has 3 N–H and O–H groups in total. The highest BCUT2D eigenvalue weighted by Gasteiger charge is 2.20. The smallest absolute Gasteiger partial charge is 0.220 e. The Morgan fingerprint density at radius 2 is 2.32 bits per heavy atom. The highest BCUT2D eigenvalue weighted by atomic mass is 16.5. The van der Waals surface area contributed by atoms with E-state index in [4.69, 9.17) is 15.2 Å². The van der Waals surface area contributed by atoms with Crippen molar-refractivity contribution in [3.05, 3.63) is 23.8 Å². The summed E-state index contributed by atoms with van der Waals surface area (Å²) in [5.41, 5.74) is 6.62. The first kappa shape index (κ1) is 13.7. The number of benzene rings is 1. The third kappa shape index (κ3) is 3.38. The molecule has 1 atom stereocenters. The molecule has 1 saturated heterocycles. The summed E-state index contributed by atoms with van der Waals surface area (Å²) in [5, 5.41) is 2.82. The van der Waals surface area contributed by atoms with Crippen molar-refractivity contribution in [2.45, 2.75) is 19.4 Å². The molecule has 1 unspecified atom stereocenters. The van der Waals surface area contributed by atoms with Gasteiger partial charge in [-0.1, -0.05) is 12.1 Å². The number of carbonyl (C=O) groups excluding carboxylic acids is 1. The van der Waals surface area contributed by atoms with Crippen LogP contribution >= 0.6 is 0 Å². The van der Waals surface area contributed by atoms with Crippen LogP contribution in [0, 0.1) is 5.92 Å². The molecule has 0 bridgehead atoms. The molecule has 0 aromatic heterocycles. The first-order valence-corrected chi connectivity index (χ1v) is 6.50. The standard InChI is InChI=1S/C14H20N2O3/c1-18-12-4-2-3-11(8-15)14(12)19-9-10-5-6-16-13(17)7-10/h2-4,10H,5-9,15H2,1H3,(H,16,17). The second-order valence-electron chi connectivity index (χ2n) is 4.67. The van der Waals surface area contributed by atoms with Gasteiger partial charge in [-0.25, -0.2) is 0 Å². The molecule has 1 aromatic carbocycles. The van der Waals surface area contributed by atoms with Gasteiger partial charge in [0.2, 0.25) is 5.91 Å². The largest absolute Gasteiger partial charge is 0.493 e. The SMILES string of the molecule is COc1cccc(CN)c1OCC1CCNC(=O)C1. The number of carbonyl (C=O) groups is 1. The molecule has 2 rings (SSSR count).